The van der Waals surface area contributed by atoms with Crippen LogP contribution in [0.25, 0.3) is 5.69 Å². The Morgan fingerprint density at radius 2 is 2.00 bits per heavy atom. The minimum Gasteiger partial charge on any atom is -0.391 e. The van der Waals surface area contributed by atoms with Crippen molar-refractivity contribution in [2.75, 3.05) is 13.1 Å². The van der Waals surface area contributed by atoms with E-state index in [0.29, 0.717) is 25.2 Å². The van der Waals surface area contributed by atoms with Gasteiger partial charge >= 0.3 is 0 Å². The molecule has 0 unspecified atom stereocenters. The molecular weight excluding hydrogens is 266 g/mol. The van der Waals surface area contributed by atoms with E-state index >= 15 is 0 Å². The van der Waals surface area contributed by atoms with Gasteiger partial charge in [-0.05, 0) is 38.5 Å². The van der Waals surface area contributed by atoms with Crippen LogP contribution in [0.15, 0.2) is 30.3 Å². The monoisotopic (exact) mass is 285 g/mol. The van der Waals surface area contributed by atoms with Crippen LogP contribution in [0.2, 0.25) is 0 Å². The van der Waals surface area contributed by atoms with E-state index in [4.69, 9.17) is 0 Å². The molecule has 0 saturated carbocycles. The minimum atomic E-state index is -0.408. The second kappa shape index (κ2) is 5.33. The Kier molecular flexibility index (Phi) is 3.51. The Morgan fingerprint density at radius 3 is 2.62 bits per heavy atom. The second-order valence-corrected chi connectivity index (χ2v) is 5.61. The van der Waals surface area contributed by atoms with E-state index in [1.807, 2.05) is 38.1 Å². The maximum absolute atomic E-state index is 12.4. The van der Waals surface area contributed by atoms with Gasteiger partial charge in [0.25, 0.3) is 5.91 Å². The SMILES string of the molecule is Cc1ccc(-n2nc(C(=O)N3CC[C@@H](O)C3)cc2C)cc1. The fourth-order valence-corrected chi connectivity index (χ4v) is 2.61. The van der Waals surface area contributed by atoms with E-state index < -0.39 is 6.10 Å². The van der Waals surface area contributed by atoms with Gasteiger partial charge in [-0.1, -0.05) is 17.7 Å². The molecule has 110 valence electrons. The predicted molar refractivity (Wildman–Crippen MR) is 79.6 cm³/mol. The first-order valence-corrected chi connectivity index (χ1v) is 7.15. The average Bonchev–Trinajstić information content (AvgIpc) is 3.05. The lowest BCUT2D eigenvalue weighted by atomic mass is 10.2. The van der Waals surface area contributed by atoms with E-state index in [2.05, 4.69) is 5.10 Å². The number of carbonyl (C=O) groups is 1. The molecular formula is C16H19N3O2. The summed E-state index contributed by atoms with van der Waals surface area (Å²) >= 11 is 0. The van der Waals surface area contributed by atoms with Crippen molar-refractivity contribution in [3.05, 3.63) is 47.3 Å². The smallest absolute Gasteiger partial charge is 0.274 e. The van der Waals surface area contributed by atoms with Gasteiger partial charge in [0.2, 0.25) is 0 Å². The topological polar surface area (TPSA) is 58.4 Å². The summed E-state index contributed by atoms with van der Waals surface area (Å²) in [6.07, 6.45) is 0.234. The Bertz CT molecular complexity index is 661. The highest BCUT2D eigenvalue weighted by Crippen LogP contribution is 2.16. The van der Waals surface area contributed by atoms with Crippen LogP contribution in [0, 0.1) is 13.8 Å². The normalized spacial score (nSPS) is 18.2. The number of aryl methyl sites for hydroxylation is 2. The predicted octanol–water partition coefficient (Wildman–Crippen LogP) is 1.70. The summed E-state index contributed by atoms with van der Waals surface area (Å²) in [6.45, 7) is 4.96. The number of nitrogens with zero attached hydrogens (tertiary/aromatic N) is 3. The summed E-state index contributed by atoms with van der Waals surface area (Å²) in [7, 11) is 0. The molecule has 1 aromatic carbocycles. The van der Waals surface area contributed by atoms with Crippen molar-refractivity contribution in [3.8, 4) is 5.69 Å². The van der Waals surface area contributed by atoms with Gasteiger partial charge in [-0.25, -0.2) is 4.68 Å². The number of aromatic nitrogens is 2. The van der Waals surface area contributed by atoms with Crippen LogP contribution in [0.5, 0.6) is 0 Å². The van der Waals surface area contributed by atoms with Gasteiger partial charge in [0, 0.05) is 18.8 Å². The van der Waals surface area contributed by atoms with Crippen LogP contribution in [-0.2, 0) is 0 Å². The zero-order valence-corrected chi connectivity index (χ0v) is 12.3. The molecule has 1 fully saturated rings. The molecule has 1 atom stereocenters. The van der Waals surface area contributed by atoms with E-state index in [-0.39, 0.29) is 5.91 Å². The van der Waals surface area contributed by atoms with Crippen LogP contribution in [0.1, 0.15) is 28.2 Å². The van der Waals surface area contributed by atoms with E-state index in [1.54, 1.807) is 15.6 Å². The lowest BCUT2D eigenvalue weighted by molar-refractivity contribution is 0.0759. The van der Waals surface area contributed by atoms with Gasteiger partial charge in [0.05, 0.1) is 11.8 Å². The number of hydrogen-bond donors (Lipinski definition) is 1. The molecule has 0 aliphatic carbocycles. The first-order chi connectivity index (χ1) is 10.0. The van der Waals surface area contributed by atoms with Crippen molar-refractivity contribution < 1.29 is 9.90 Å². The quantitative estimate of drug-likeness (QED) is 0.913. The highest BCUT2D eigenvalue weighted by molar-refractivity contribution is 5.92. The summed E-state index contributed by atoms with van der Waals surface area (Å²) in [5.74, 6) is -0.111. The second-order valence-electron chi connectivity index (χ2n) is 5.61. The first-order valence-electron chi connectivity index (χ1n) is 7.15. The standard InChI is InChI=1S/C16H19N3O2/c1-11-3-5-13(6-4-11)19-12(2)9-15(17-19)16(21)18-8-7-14(20)10-18/h3-6,9,14,20H,7-8,10H2,1-2H3/t14-/m1/s1. The van der Waals surface area contributed by atoms with Crippen molar-refractivity contribution >= 4 is 5.91 Å². The molecule has 1 aromatic heterocycles. The molecule has 5 heteroatoms. The number of amides is 1. The van der Waals surface area contributed by atoms with E-state index in [0.717, 1.165) is 11.4 Å². The molecule has 0 spiro atoms. The van der Waals surface area contributed by atoms with E-state index in [9.17, 15) is 9.90 Å². The Morgan fingerprint density at radius 1 is 1.29 bits per heavy atom. The zero-order valence-electron chi connectivity index (χ0n) is 12.3. The number of β-amino-alcohol motifs (C(OH)–C–C–N with tert-alkyl or cyclic N) is 1. The van der Waals surface area contributed by atoms with Crippen molar-refractivity contribution in [1.29, 1.82) is 0 Å². The summed E-state index contributed by atoms with van der Waals surface area (Å²) in [5, 5.41) is 14.0. The molecule has 1 amide bonds. The third-order valence-corrected chi connectivity index (χ3v) is 3.84. The van der Waals surface area contributed by atoms with Crippen molar-refractivity contribution in [2.45, 2.75) is 26.4 Å². The third kappa shape index (κ3) is 2.69. The van der Waals surface area contributed by atoms with Crippen LogP contribution in [0.3, 0.4) is 0 Å². The lowest BCUT2D eigenvalue weighted by Gasteiger charge is -2.13. The van der Waals surface area contributed by atoms with Gasteiger partial charge in [-0.3, -0.25) is 4.79 Å². The first kappa shape index (κ1) is 13.8. The zero-order chi connectivity index (χ0) is 15.0. The number of rotatable bonds is 2. The number of hydrogen-bond acceptors (Lipinski definition) is 3. The lowest BCUT2D eigenvalue weighted by Crippen LogP contribution is -2.29. The maximum Gasteiger partial charge on any atom is 0.274 e. The molecule has 1 aliphatic heterocycles. The highest BCUT2D eigenvalue weighted by atomic mass is 16.3. The molecule has 0 radical (unpaired) electrons. The van der Waals surface area contributed by atoms with Gasteiger partial charge in [-0.2, -0.15) is 5.10 Å². The Hall–Kier alpha value is -2.14. The molecule has 3 rings (SSSR count). The molecule has 1 aliphatic rings. The van der Waals surface area contributed by atoms with Gasteiger partial charge in [0.1, 0.15) is 0 Å². The van der Waals surface area contributed by atoms with Gasteiger partial charge in [0.15, 0.2) is 5.69 Å². The number of aliphatic hydroxyl groups excluding tert-OH is 1. The van der Waals surface area contributed by atoms with Crippen molar-refractivity contribution in [2.24, 2.45) is 0 Å². The number of carbonyl (C=O) groups excluding carboxylic acids is 1. The summed E-state index contributed by atoms with van der Waals surface area (Å²) in [4.78, 5) is 14.0. The van der Waals surface area contributed by atoms with Crippen molar-refractivity contribution in [1.82, 2.24) is 14.7 Å². The Labute approximate surface area is 123 Å². The molecule has 1 saturated heterocycles. The molecule has 0 bridgehead atoms. The minimum absolute atomic E-state index is 0.111. The third-order valence-electron chi connectivity index (χ3n) is 3.84. The number of benzene rings is 1. The van der Waals surface area contributed by atoms with Crippen molar-refractivity contribution in [3.63, 3.8) is 0 Å². The van der Waals surface area contributed by atoms with Gasteiger partial charge < -0.3 is 10.0 Å². The summed E-state index contributed by atoms with van der Waals surface area (Å²) in [6, 6.07) is 9.82. The molecule has 5 nitrogen and oxygen atoms in total. The fourth-order valence-electron chi connectivity index (χ4n) is 2.61. The summed E-state index contributed by atoms with van der Waals surface area (Å²) in [5.41, 5.74) is 3.48. The molecule has 2 aromatic rings. The Balaban J connectivity index is 1.87. The molecule has 2 heterocycles. The fraction of sp³-hybridized carbons (Fsp3) is 0.375. The van der Waals surface area contributed by atoms with E-state index in [1.165, 1.54) is 5.56 Å². The maximum atomic E-state index is 12.4. The molecule has 1 N–H and O–H groups in total. The number of likely N-dealkylation sites (tertiary alicyclic amines) is 1. The molecule has 21 heavy (non-hydrogen) atoms. The largest absolute Gasteiger partial charge is 0.391 e. The van der Waals surface area contributed by atoms with Crippen LogP contribution in [0.4, 0.5) is 0 Å². The van der Waals surface area contributed by atoms with Gasteiger partial charge in [-0.15, -0.1) is 0 Å². The summed E-state index contributed by atoms with van der Waals surface area (Å²) < 4.78 is 1.78. The number of aliphatic hydroxyl groups is 1. The van der Waals surface area contributed by atoms with Crippen LogP contribution >= 0.6 is 0 Å². The van der Waals surface area contributed by atoms with Crippen LogP contribution in [-0.4, -0.2) is 44.9 Å². The average molecular weight is 285 g/mol. The van der Waals surface area contributed by atoms with Crippen LogP contribution < -0.4 is 0 Å². The highest BCUT2D eigenvalue weighted by Gasteiger charge is 2.27.